The number of methoxy groups -OCH3 is 1. The zero-order chi connectivity index (χ0) is 12.3. The quantitative estimate of drug-likeness (QED) is 0.837. The molecule has 1 aromatic heterocycles. The van der Waals surface area contributed by atoms with Crippen molar-refractivity contribution in [3.05, 3.63) is 24.1 Å². The van der Waals surface area contributed by atoms with Crippen molar-refractivity contribution in [1.29, 1.82) is 0 Å². The molecule has 2 rings (SSSR count). The highest BCUT2D eigenvalue weighted by Crippen LogP contribution is 2.31. The summed E-state index contributed by atoms with van der Waals surface area (Å²) in [5.41, 5.74) is 6.27. The van der Waals surface area contributed by atoms with E-state index >= 15 is 0 Å². The Morgan fingerprint density at radius 2 is 2.29 bits per heavy atom. The first-order valence-corrected chi connectivity index (χ1v) is 6.26. The molecule has 0 saturated heterocycles. The van der Waals surface area contributed by atoms with Gasteiger partial charge in [-0.3, -0.25) is 0 Å². The van der Waals surface area contributed by atoms with Crippen molar-refractivity contribution in [3.8, 4) is 17.1 Å². The Labute approximate surface area is 103 Å². The van der Waals surface area contributed by atoms with Crippen molar-refractivity contribution in [1.82, 2.24) is 10.1 Å². The van der Waals surface area contributed by atoms with E-state index in [0.717, 1.165) is 16.2 Å². The number of nitrogens with two attached hydrogens (primary N) is 1. The maximum Gasteiger partial charge on any atom is 0.240 e. The molecule has 0 unspecified atom stereocenters. The minimum atomic E-state index is 0.243. The van der Waals surface area contributed by atoms with Gasteiger partial charge < -0.3 is 15.0 Å². The Morgan fingerprint density at radius 3 is 2.88 bits per heavy atom. The molecular weight excluding hydrogens is 238 g/mol. The number of rotatable bonds is 4. The number of hydrogen-bond donors (Lipinski definition) is 1. The van der Waals surface area contributed by atoms with Gasteiger partial charge in [-0.15, -0.1) is 11.8 Å². The van der Waals surface area contributed by atoms with E-state index in [1.165, 1.54) is 0 Å². The molecule has 5 nitrogen and oxygen atoms in total. The van der Waals surface area contributed by atoms with E-state index in [0.29, 0.717) is 11.7 Å². The van der Waals surface area contributed by atoms with Crippen LogP contribution in [-0.2, 0) is 6.54 Å². The van der Waals surface area contributed by atoms with Crippen LogP contribution in [0.4, 0.5) is 0 Å². The molecule has 0 saturated carbocycles. The van der Waals surface area contributed by atoms with Gasteiger partial charge in [-0.05, 0) is 24.5 Å². The van der Waals surface area contributed by atoms with Crippen molar-refractivity contribution in [2.75, 3.05) is 13.4 Å². The average Bonchev–Trinajstić information content (AvgIpc) is 2.86. The molecule has 2 aromatic rings. The predicted octanol–water partition coefficient (Wildman–Crippen LogP) is 1.93. The van der Waals surface area contributed by atoms with Crippen molar-refractivity contribution >= 4 is 11.8 Å². The number of thioether (sulfide) groups is 1. The Balaban J connectivity index is 2.38. The van der Waals surface area contributed by atoms with Crippen LogP contribution in [-0.4, -0.2) is 23.5 Å². The Morgan fingerprint density at radius 1 is 1.47 bits per heavy atom. The first-order valence-electron chi connectivity index (χ1n) is 5.03. The fraction of sp³-hybridized carbons (Fsp3) is 0.273. The Kier molecular flexibility index (Phi) is 3.65. The highest BCUT2D eigenvalue weighted by molar-refractivity contribution is 7.98. The summed E-state index contributed by atoms with van der Waals surface area (Å²) in [6.45, 7) is 0.243. The minimum absolute atomic E-state index is 0.243. The van der Waals surface area contributed by atoms with Gasteiger partial charge in [-0.1, -0.05) is 5.16 Å². The Hall–Kier alpha value is -1.53. The summed E-state index contributed by atoms with van der Waals surface area (Å²) in [5.74, 6) is 1.75. The molecule has 0 radical (unpaired) electrons. The lowest BCUT2D eigenvalue weighted by Crippen LogP contribution is -1.95. The molecule has 6 heteroatoms. The number of aromatic nitrogens is 2. The van der Waals surface area contributed by atoms with Gasteiger partial charge in [0.05, 0.1) is 13.7 Å². The summed E-state index contributed by atoms with van der Waals surface area (Å²) in [5, 5.41) is 3.86. The predicted molar refractivity (Wildman–Crippen MR) is 66.0 cm³/mol. The third kappa shape index (κ3) is 2.42. The van der Waals surface area contributed by atoms with Gasteiger partial charge in [0.1, 0.15) is 5.75 Å². The summed E-state index contributed by atoms with van der Waals surface area (Å²) in [6, 6.07) is 5.79. The molecular formula is C11H13N3O2S. The van der Waals surface area contributed by atoms with Gasteiger partial charge in [0.2, 0.25) is 11.7 Å². The number of hydrogen-bond acceptors (Lipinski definition) is 6. The van der Waals surface area contributed by atoms with Gasteiger partial charge in [0, 0.05) is 10.5 Å². The van der Waals surface area contributed by atoms with Crippen molar-refractivity contribution in [2.24, 2.45) is 5.73 Å². The van der Waals surface area contributed by atoms with E-state index in [2.05, 4.69) is 10.1 Å². The number of nitrogens with zero attached hydrogens (tertiary/aromatic N) is 2. The lowest BCUT2D eigenvalue weighted by atomic mass is 10.2. The van der Waals surface area contributed by atoms with Gasteiger partial charge in [-0.25, -0.2) is 0 Å². The van der Waals surface area contributed by atoms with Crippen LogP contribution in [0.2, 0.25) is 0 Å². The van der Waals surface area contributed by atoms with Crippen LogP contribution >= 0.6 is 11.8 Å². The van der Waals surface area contributed by atoms with Crippen LogP contribution in [0.5, 0.6) is 5.75 Å². The van der Waals surface area contributed by atoms with Gasteiger partial charge in [0.15, 0.2) is 0 Å². The van der Waals surface area contributed by atoms with E-state index < -0.39 is 0 Å². The maximum absolute atomic E-state index is 5.42. The van der Waals surface area contributed by atoms with Crippen LogP contribution in [0, 0.1) is 0 Å². The molecule has 0 aliphatic carbocycles. The molecule has 0 bridgehead atoms. The van der Waals surface area contributed by atoms with E-state index in [-0.39, 0.29) is 6.54 Å². The van der Waals surface area contributed by atoms with Crippen LogP contribution in [0.1, 0.15) is 5.89 Å². The van der Waals surface area contributed by atoms with E-state index in [1.807, 2.05) is 24.5 Å². The number of ether oxygens (including phenoxy) is 1. The summed E-state index contributed by atoms with van der Waals surface area (Å²) in [7, 11) is 1.64. The lowest BCUT2D eigenvalue weighted by Gasteiger charge is -2.06. The standard InChI is InChI=1S/C11H13N3O2S/c1-15-8-5-7(3-4-9(8)17-2)11-13-10(6-12)16-14-11/h3-5H,6,12H2,1-2H3. The molecule has 0 amide bonds. The topological polar surface area (TPSA) is 74.2 Å². The van der Waals surface area contributed by atoms with E-state index in [4.69, 9.17) is 15.0 Å². The lowest BCUT2D eigenvalue weighted by molar-refractivity contribution is 0.380. The fourth-order valence-electron chi connectivity index (χ4n) is 1.43. The smallest absolute Gasteiger partial charge is 0.240 e. The molecule has 0 atom stereocenters. The highest BCUT2D eigenvalue weighted by Gasteiger charge is 2.10. The van der Waals surface area contributed by atoms with Gasteiger partial charge >= 0.3 is 0 Å². The highest BCUT2D eigenvalue weighted by atomic mass is 32.2. The Bertz CT molecular complexity index is 513. The van der Waals surface area contributed by atoms with Crippen LogP contribution < -0.4 is 10.5 Å². The fourth-order valence-corrected chi connectivity index (χ4v) is 1.98. The minimum Gasteiger partial charge on any atom is -0.496 e. The largest absolute Gasteiger partial charge is 0.496 e. The zero-order valence-corrected chi connectivity index (χ0v) is 10.5. The first kappa shape index (κ1) is 11.9. The van der Waals surface area contributed by atoms with Crippen molar-refractivity contribution in [2.45, 2.75) is 11.4 Å². The molecule has 1 heterocycles. The molecule has 0 spiro atoms. The van der Waals surface area contributed by atoms with Crippen LogP contribution in [0.25, 0.3) is 11.4 Å². The second-order valence-corrected chi connectivity index (χ2v) is 4.13. The molecule has 0 aliphatic heterocycles. The summed E-state index contributed by atoms with van der Waals surface area (Å²) >= 11 is 1.62. The van der Waals surface area contributed by atoms with Crippen LogP contribution in [0.3, 0.4) is 0 Å². The maximum atomic E-state index is 5.42. The zero-order valence-electron chi connectivity index (χ0n) is 9.64. The third-order valence-electron chi connectivity index (χ3n) is 2.28. The van der Waals surface area contributed by atoms with Crippen molar-refractivity contribution in [3.63, 3.8) is 0 Å². The summed E-state index contributed by atoms with van der Waals surface area (Å²) < 4.78 is 10.3. The van der Waals surface area contributed by atoms with E-state index in [9.17, 15) is 0 Å². The summed E-state index contributed by atoms with van der Waals surface area (Å²) in [4.78, 5) is 5.23. The monoisotopic (exact) mass is 251 g/mol. The third-order valence-corrected chi connectivity index (χ3v) is 3.06. The van der Waals surface area contributed by atoms with Gasteiger partial charge in [0.25, 0.3) is 0 Å². The second-order valence-electron chi connectivity index (χ2n) is 3.29. The molecule has 90 valence electrons. The number of benzene rings is 1. The molecule has 17 heavy (non-hydrogen) atoms. The second kappa shape index (κ2) is 5.20. The van der Waals surface area contributed by atoms with E-state index in [1.54, 1.807) is 18.9 Å². The summed E-state index contributed by atoms with van der Waals surface area (Å²) in [6.07, 6.45) is 2.00. The molecule has 0 fully saturated rings. The van der Waals surface area contributed by atoms with Crippen molar-refractivity contribution < 1.29 is 9.26 Å². The normalized spacial score (nSPS) is 10.5. The first-order chi connectivity index (χ1) is 8.28. The van der Waals surface area contributed by atoms with Gasteiger partial charge in [-0.2, -0.15) is 4.98 Å². The SMILES string of the molecule is COc1cc(-c2noc(CN)n2)ccc1SC. The average molecular weight is 251 g/mol. The molecule has 0 aliphatic rings. The van der Waals surface area contributed by atoms with Crippen LogP contribution in [0.15, 0.2) is 27.6 Å². The molecule has 2 N–H and O–H groups in total. The molecule has 1 aromatic carbocycles.